The summed E-state index contributed by atoms with van der Waals surface area (Å²) >= 11 is 0. The number of hydrogen-bond donors (Lipinski definition) is 4. The van der Waals surface area contributed by atoms with Crippen LogP contribution in [0.25, 0.3) is 0 Å². The summed E-state index contributed by atoms with van der Waals surface area (Å²) in [6.07, 6.45) is 69.8. The minimum atomic E-state index is -0.710. The largest absolute Gasteiger partial charge is 0.466 e. The van der Waals surface area contributed by atoms with Crippen LogP contribution in [-0.4, -0.2) is 235 Å². The molecule has 0 aromatic heterocycles. The molecule has 3 heterocycles. The van der Waals surface area contributed by atoms with Gasteiger partial charge in [-0.15, -0.1) is 99.3 Å². The fourth-order valence-corrected chi connectivity index (χ4v) is 5.76. The summed E-state index contributed by atoms with van der Waals surface area (Å²) in [6, 6.07) is 0. The van der Waals surface area contributed by atoms with Crippen molar-refractivity contribution in [1.29, 1.82) is 0 Å². The molecule has 0 bridgehead atoms. The molecule has 0 atom stereocenters. The van der Waals surface area contributed by atoms with Gasteiger partial charge in [-0.1, -0.05) is 11.8 Å². The summed E-state index contributed by atoms with van der Waals surface area (Å²) in [5.41, 5.74) is 0. The number of aliphatic hydroxyl groups is 1. The van der Waals surface area contributed by atoms with Crippen molar-refractivity contribution in [2.45, 2.75) is 64.2 Å². The molecule has 9 amide bonds. The second kappa shape index (κ2) is 78.8. The van der Waals surface area contributed by atoms with Crippen molar-refractivity contribution >= 4 is 107 Å². The van der Waals surface area contributed by atoms with Gasteiger partial charge < -0.3 is 63.7 Å². The molecule has 34 heteroatoms. The first-order chi connectivity index (χ1) is 54.5. The van der Waals surface area contributed by atoms with E-state index in [1.807, 2.05) is 0 Å². The fourth-order valence-electron chi connectivity index (χ4n) is 5.76. The molecular weight excluding hydrogens is 1490 g/mol. The molecule has 0 aromatic carbocycles. The number of carbonyl (C=O) groups is 18. The van der Waals surface area contributed by atoms with Crippen LogP contribution >= 0.6 is 0 Å². The van der Waals surface area contributed by atoms with Crippen molar-refractivity contribution in [1.82, 2.24) is 30.7 Å². The third-order valence-electron chi connectivity index (χ3n) is 11.1. The quantitative estimate of drug-likeness (QED) is 0.0167. The molecule has 0 spiro atoms. The van der Waals surface area contributed by atoms with E-state index < -0.39 is 59.6 Å². The van der Waals surface area contributed by atoms with Gasteiger partial charge in [0, 0.05) is 180 Å². The van der Waals surface area contributed by atoms with Crippen LogP contribution in [0.5, 0.6) is 0 Å². The lowest BCUT2D eigenvalue weighted by atomic mass is 10.3. The van der Waals surface area contributed by atoms with E-state index in [4.69, 9.17) is 67.7 Å². The number of unbranched alkanes of at least 4 members (excludes halogenated alkanes) is 3. The van der Waals surface area contributed by atoms with Gasteiger partial charge in [0.05, 0.1) is 61.9 Å². The Morgan fingerprint density at radius 2 is 0.605 bits per heavy atom. The summed E-state index contributed by atoms with van der Waals surface area (Å²) in [6.45, 7) is 2.03. The molecule has 3 aliphatic rings. The van der Waals surface area contributed by atoms with Crippen LogP contribution in [0.4, 0.5) is 0 Å². The van der Waals surface area contributed by atoms with Crippen LogP contribution in [0.3, 0.4) is 0 Å². The summed E-state index contributed by atoms with van der Waals surface area (Å²) < 4.78 is 39.8. The Balaban J connectivity index is -0.000000288. The first-order valence-electron chi connectivity index (χ1n) is 32.6. The molecule has 0 saturated heterocycles. The molecule has 0 radical (unpaired) electrons. The number of imide groups is 3. The number of aliphatic hydroxyl groups excluding tert-OH is 1. The molecule has 0 aliphatic carbocycles. The molecule has 4 N–H and O–H groups in total. The van der Waals surface area contributed by atoms with E-state index in [1.165, 1.54) is 76.9 Å². The number of carbonyl (C=O) groups excluding carboxylic acids is 18. The van der Waals surface area contributed by atoms with E-state index in [9.17, 15) is 86.3 Å². The summed E-state index contributed by atoms with van der Waals surface area (Å²) in [5.74, 6) is 12.9. The van der Waals surface area contributed by atoms with E-state index in [1.54, 1.807) is 0 Å². The Hall–Kier alpha value is -15.3. The van der Waals surface area contributed by atoms with Crippen molar-refractivity contribution in [2.75, 3.05) is 108 Å². The molecule has 0 fully saturated rings. The minimum absolute atomic E-state index is 0.0602. The van der Waals surface area contributed by atoms with Gasteiger partial charge in [0.25, 0.3) is 35.4 Å². The molecule has 0 saturated carbocycles. The van der Waals surface area contributed by atoms with Gasteiger partial charge in [0.15, 0.2) is 0 Å². The van der Waals surface area contributed by atoms with Crippen molar-refractivity contribution < 1.29 is 134 Å². The molecule has 114 heavy (non-hydrogen) atoms. The van der Waals surface area contributed by atoms with Crippen LogP contribution in [0.2, 0.25) is 0 Å². The van der Waals surface area contributed by atoms with Crippen molar-refractivity contribution in [3.63, 3.8) is 0 Å². The number of rotatable bonds is 33. The predicted octanol–water partition coefficient (Wildman–Crippen LogP) is -0.0317. The number of amides is 9. The number of nitrogens with one attached hydrogen (secondary N) is 3. The molecule has 3 aliphatic heterocycles. The van der Waals surface area contributed by atoms with Gasteiger partial charge in [0.1, 0.15) is 19.8 Å². The van der Waals surface area contributed by atoms with Gasteiger partial charge in [-0.05, 0) is 19.3 Å². The van der Waals surface area contributed by atoms with Crippen LogP contribution < -0.4 is 16.0 Å². The SMILES string of the molecule is C#CCCCN1C(=O)C=CC1=O.C#CCCCNC(=O)/C=C/C(=O)OC.C#CCCCOC(=O)/C=C/C(=O)OC.C#CCCN1C(=O)C=CC1=O.C#CCCNC(=O)/C=C/C(=O)OC.C#CCCOC(=O)/C=C/C(=O)OC.C#CCCOC(=O)/C=C/C(=O)OCCO.C#CCN1C(=O)C=CC1=O.C#CCNC(=O)/C=C/C(=O)OC. The zero-order chi connectivity index (χ0) is 87.6. The van der Waals surface area contributed by atoms with Crippen LogP contribution in [0, 0.1) is 111 Å². The minimum Gasteiger partial charge on any atom is -0.466 e. The average molecular weight is 1580 g/mol. The summed E-state index contributed by atoms with van der Waals surface area (Å²) in [5, 5.41) is 15.7. The number of hydrogen-bond acceptors (Lipinski definition) is 28. The zero-order valence-electron chi connectivity index (χ0n) is 63.2. The second-order valence-corrected chi connectivity index (χ2v) is 19.4. The normalized spacial score (nSPS) is 11.2. The number of nitrogens with zero attached hydrogens (tertiary/aromatic N) is 3. The monoisotopic (exact) mass is 1580 g/mol. The van der Waals surface area contributed by atoms with Crippen molar-refractivity contribution in [2.24, 2.45) is 0 Å². The summed E-state index contributed by atoms with van der Waals surface area (Å²) in [4.78, 5) is 197. The van der Waals surface area contributed by atoms with Gasteiger partial charge >= 0.3 is 53.7 Å². The highest BCUT2D eigenvalue weighted by atomic mass is 16.6. The Kier molecular flexibility index (Phi) is 75.8. The molecule has 0 unspecified atom stereocenters. The highest BCUT2D eigenvalue weighted by Crippen LogP contribution is 2.06. The smallest absolute Gasteiger partial charge is 0.331 e. The van der Waals surface area contributed by atoms with Crippen LogP contribution in [0.15, 0.2) is 109 Å². The average Bonchev–Trinajstić information content (AvgIpc) is 1.76. The molecule has 34 nitrogen and oxygen atoms in total. The predicted molar refractivity (Wildman–Crippen MR) is 408 cm³/mol. The van der Waals surface area contributed by atoms with Crippen LogP contribution in [0.1, 0.15) is 64.2 Å². The van der Waals surface area contributed by atoms with Gasteiger partial charge in [0.2, 0.25) is 17.7 Å². The number of terminal acetylenes is 9. The van der Waals surface area contributed by atoms with E-state index in [-0.39, 0.29) is 93.4 Å². The Labute approximate surface area is 661 Å². The lowest BCUT2D eigenvalue weighted by Gasteiger charge is -2.11. The number of esters is 9. The molecule has 3 rings (SSSR count). The highest BCUT2D eigenvalue weighted by molar-refractivity contribution is 6.14. The van der Waals surface area contributed by atoms with E-state index in [0.717, 1.165) is 89.1 Å². The van der Waals surface area contributed by atoms with Crippen molar-refractivity contribution in [3.05, 3.63) is 109 Å². The maximum Gasteiger partial charge on any atom is 0.331 e. The number of methoxy groups -OCH3 is 5. The third kappa shape index (κ3) is 72.3. The first-order valence-corrected chi connectivity index (χ1v) is 32.6. The van der Waals surface area contributed by atoms with Crippen LogP contribution in [-0.2, 0) is 129 Å². The molecule has 606 valence electrons. The lowest BCUT2D eigenvalue weighted by Crippen LogP contribution is -2.30. The van der Waals surface area contributed by atoms with E-state index in [0.29, 0.717) is 84.0 Å². The van der Waals surface area contributed by atoms with Gasteiger partial charge in [-0.3, -0.25) is 57.9 Å². The number of ether oxygens (including phenoxy) is 9. The highest BCUT2D eigenvalue weighted by Gasteiger charge is 2.24. The maximum atomic E-state index is 11.0. The fraction of sp³-hybridized carbons (Fsp3) is 0.325. The maximum absolute atomic E-state index is 11.0. The Morgan fingerprint density at radius 1 is 0.316 bits per heavy atom. The third-order valence-corrected chi connectivity index (χ3v) is 11.1. The second-order valence-electron chi connectivity index (χ2n) is 19.4. The molecule has 0 aromatic rings. The molecular formula is C80H88N6O28. The standard InChI is InChI=1S/C10H13NO3.C10H12O5.C10H12O4.C9H11NO3.C9H9NO2.C9H10O4.C8H9NO3.C8H7NO2.C7H5NO2/c1-3-4-5-8-11-9(12)6-7-10(13)14-2;1-2-3-7-14-9(12)4-5-10(13)15-8-6-11;1-3-4-5-8-14-10(12)7-6-9(11)13-2;1-3-4-7-10-8(11)5-6-9(12)13-2;1-2-3-4-7-10-8(11)5-6-9(10)12;1-3-4-7-13-9(11)6-5-8(10)12-2;1-3-6-9-7(10)4-5-8(11)12-2;1-2-3-6-9-7(10)4-5-8(9)11;1-2-5-8-6(9)3-4-7(8)10/h1,6-7H,4-5,8H2,2H3,(H,11,12);1,4-5,11H,3,6-8H2;1,6-7H,4-5,8H2,2H3;1,5-6H,4,7H2,2H3,(H,10,11);1,5-6H,3-4,7H2;1,5-6H,4,7H2,2H3;1,4-5H,6H2,2H3,(H,9,10);1,4-5H,3,6H2;1,3-4H,5H2/b7-6+;5-4+;7-6+;6-5+;;6-5+;5-4+;;. The Morgan fingerprint density at radius 3 is 0.939 bits per heavy atom. The summed E-state index contributed by atoms with van der Waals surface area (Å²) in [7, 11) is 6.16. The first kappa shape index (κ1) is 110. The zero-order valence-corrected chi connectivity index (χ0v) is 63.2. The lowest BCUT2D eigenvalue weighted by molar-refractivity contribution is -0.140. The topological polar surface area (TPSA) is 456 Å². The van der Waals surface area contributed by atoms with E-state index in [2.05, 4.69) is 107 Å². The van der Waals surface area contributed by atoms with E-state index >= 15 is 0 Å². The van der Waals surface area contributed by atoms with Gasteiger partial charge in [-0.2, -0.15) is 0 Å². The van der Waals surface area contributed by atoms with Crippen molar-refractivity contribution in [3.8, 4) is 111 Å². The van der Waals surface area contributed by atoms with Gasteiger partial charge in [-0.25, -0.2) is 43.2 Å². The Bertz CT molecular complexity index is 3730.